The number of nitrogens with zero attached hydrogens (tertiary/aromatic N) is 1. The van der Waals surface area contributed by atoms with Crippen LogP contribution in [0.4, 0.5) is 5.69 Å². The second-order valence-corrected chi connectivity index (χ2v) is 8.60. The first kappa shape index (κ1) is 20.5. The van der Waals surface area contributed by atoms with Gasteiger partial charge < -0.3 is 15.8 Å². The average Bonchev–Trinajstić information content (AvgIpc) is 3.07. The predicted molar refractivity (Wildman–Crippen MR) is 102 cm³/mol. The Morgan fingerprint density at radius 1 is 1.35 bits per heavy atom. The molecule has 0 radical (unpaired) electrons. The largest absolute Gasteiger partial charge is 0.493 e. The summed E-state index contributed by atoms with van der Waals surface area (Å²) >= 11 is 0. The summed E-state index contributed by atoms with van der Waals surface area (Å²) in [4.78, 5) is 15.0. The highest BCUT2D eigenvalue weighted by atomic mass is 32.2. The Morgan fingerprint density at radius 2 is 2.08 bits per heavy atom. The molecule has 1 amide bonds. The number of amides is 1. The Morgan fingerprint density at radius 3 is 2.69 bits per heavy atom. The quantitative estimate of drug-likeness (QED) is 0.662. The molecule has 1 heterocycles. The van der Waals surface area contributed by atoms with Crippen LogP contribution in [0.5, 0.6) is 5.75 Å². The van der Waals surface area contributed by atoms with E-state index < -0.39 is 9.84 Å². The van der Waals surface area contributed by atoms with Gasteiger partial charge in [0.1, 0.15) is 5.75 Å². The van der Waals surface area contributed by atoms with Crippen molar-refractivity contribution in [2.75, 3.05) is 37.7 Å². The maximum Gasteiger partial charge on any atom is 0.255 e. The van der Waals surface area contributed by atoms with Gasteiger partial charge in [-0.05, 0) is 38.9 Å². The van der Waals surface area contributed by atoms with E-state index >= 15 is 0 Å². The first-order chi connectivity index (χ1) is 12.3. The number of benzene rings is 1. The normalized spacial score (nSPS) is 18.0. The Hall–Kier alpha value is -1.80. The van der Waals surface area contributed by atoms with Crippen molar-refractivity contribution in [3.8, 4) is 5.75 Å². The Balaban J connectivity index is 2.27. The van der Waals surface area contributed by atoms with Gasteiger partial charge in [0.15, 0.2) is 9.84 Å². The number of anilines is 1. The van der Waals surface area contributed by atoms with Gasteiger partial charge in [0.25, 0.3) is 5.91 Å². The van der Waals surface area contributed by atoms with Crippen molar-refractivity contribution < 1.29 is 17.9 Å². The third-order valence-corrected chi connectivity index (χ3v) is 6.56. The van der Waals surface area contributed by atoms with E-state index in [1.54, 1.807) is 13.8 Å². The summed E-state index contributed by atoms with van der Waals surface area (Å²) in [6, 6.07) is 3.07. The average molecular weight is 384 g/mol. The van der Waals surface area contributed by atoms with Crippen LogP contribution in [-0.4, -0.2) is 57.3 Å². The maximum atomic E-state index is 12.7. The molecule has 1 aromatic rings. The highest BCUT2D eigenvalue weighted by molar-refractivity contribution is 7.91. The minimum Gasteiger partial charge on any atom is -0.493 e. The minimum absolute atomic E-state index is 0.0235. The fourth-order valence-electron chi connectivity index (χ4n) is 3.30. The molecule has 1 aliphatic rings. The first-order valence-electron chi connectivity index (χ1n) is 9.15. The number of nitrogens with two attached hydrogens (primary N) is 1. The molecule has 1 unspecified atom stereocenters. The predicted octanol–water partition coefficient (Wildman–Crippen LogP) is 1.68. The summed E-state index contributed by atoms with van der Waals surface area (Å²) in [5.74, 6) is -0.125. The van der Waals surface area contributed by atoms with Crippen molar-refractivity contribution in [3.05, 3.63) is 17.7 Å². The molecule has 3 N–H and O–H groups in total. The van der Waals surface area contributed by atoms with Gasteiger partial charge in [0.2, 0.25) is 0 Å². The molecule has 1 saturated heterocycles. The summed E-state index contributed by atoms with van der Waals surface area (Å²) in [7, 11) is -3.53. The number of likely N-dealkylation sites (tertiary alicyclic amines) is 1. The lowest BCUT2D eigenvalue weighted by Crippen LogP contribution is -2.40. The topological polar surface area (TPSA) is 102 Å². The van der Waals surface area contributed by atoms with Gasteiger partial charge in [-0.1, -0.05) is 13.8 Å². The van der Waals surface area contributed by atoms with Gasteiger partial charge >= 0.3 is 0 Å². The van der Waals surface area contributed by atoms with Crippen LogP contribution in [0.25, 0.3) is 0 Å². The molecule has 146 valence electrons. The second-order valence-electron chi connectivity index (χ2n) is 6.36. The number of carbonyl (C=O) groups is 1. The Kier molecular flexibility index (Phi) is 6.88. The van der Waals surface area contributed by atoms with Crippen LogP contribution in [0.1, 0.15) is 44.0 Å². The molecule has 8 heteroatoms. The summed E-state index contributed by atoms with van der Waals surface area (Å²) < 4.78 is 30.0. The van der Waals surface area contributed by atoms with Crippen molar-refractivity contribution in [2.45, 2.75) is 44.6 Å². The molecule has 0 aromatic heterocycles. The number of sulfone groups is 1. The highest BCUT2D eigenvalue weighted by Gasteiger charge is 2.25. The number of hydrogen-bond acceptors (Lipinski definition) is 6. The number of likely N-dealkylation sites (N-methyl/N-ethyl adjacent to an activating group) is 1. The molecule has 1 atom stereocenters. The first-order valence-corrected chi connectivity index (χ1v) is 10.8. The fraction of sp³-hybridized carbons (Fsp3) is 0.611. The van der Waals surface area contributed by atoms with Crippen LogP contribution >= 0.6 is 0 Å². The number of hydrogen-bond donors (Lipinski definition) is 2. The van der Waals surface area contributed by atoms with Crippen LogP contribution in [0.3, 0.4) is 0 Å². The molecule has 0 bridgehead atoms. The molecule has 2 rings (SSSR count). The van der Waals surface area contributed by atoms with Crippen LogP contribution < -0.4 is 15.8 Å². The monoisotopic (exact) mass is 383 g/mol. The van der Waals surface area contributed by atoms with E-state index in [0.29, 0.717) is 24.9 Å². The standard InChI is InChI=1S/C18H29N3O4S/c1-4-21-9-7-8-13(21)12-20-18(22)14-10-17(26(23,24)6-3)15(19)11-16(14)25-5-2/h10-11,13H,4-9,12,19H2,1-3H3,(H,20,22). The zero-order valence-electron chi connectivity index (χ0n) is 15.7. The summed E-state index contributed by atoms with van der Waals surface area (Å²) in [5.41, 5.74) is 6.19. The summed E-state index contributed by atoms with van der Waals surface area (Å²) in [6.45, 7) is 8.32. The second kappa shape index (κ2) is 8.73. The zero-order chi connectivity index (χ0) is 19.3. The van der Waals surface area contributed by atoms with Crippen LogP contribution in [-0.2, 0) is 9.84 Å². The van der Waals surface area contributed by atoms with E-state index in [0.717, 1.165) is 25.9 Å². The van der Waals surface area contributed by atoms with E-state index in [1.165, 1.54) is 12.1 Å². The molecule has 1 aromatic carbocycles. The van der Waals surface area contributed by atoms with Crippen LogP contribution in [0.15, 0.2) is 17.0 Å². The lowest BCUT2D eigenvalue weighted by Gasteiger charge is -2.23. The van der Waals surface area contributed by atoms with Crippen molar-refractivity contribution in [1.82, 2.24) is 10.2 Å². The van der Waals surface area contributed by atoms with E-state index in [2.05, 4.69) is 17.1 Å². The van der Waals surface area contributed by atoms with Crippen molar-refractivity contribution in [2.24, 2.45) is 0 Å². The Bertz CT molecular complexity index is 749. The fourth-order valence-corrected chi connectivity index (χ4v) is 4.33. The molecule has 1 aliphatic heterocycles. The smallest absolute Gasteiger partial charge is 0.255 e. The number of rotatable bonds is 8. The van der Waals surface area contributed by atoms with Crippen molar-refractivity contribution >= 4 is 21.4 Å². The SMILES string of the molecule is CCOc1cc(N)c(S(=O)(=O)CC)cc1C(=O)NCC1CCCN1CC. The Labute approximate surface area is 155 Å². The lowest BCUT2D eigenvalue weighted by atomic mass is 10.1. The van der Waals surface area contributed by atoms with Crippen molar-refractivity contribution in [1.29, 1.82) is 0 Å². The molecule has 26 heavy (non-hydrogen) atoms. The van der Waals surface area contributed by atoms with Crippen LogP contribution in [0, 0.1) is 0 Å². The van der Waals surface area contributed by atoms with E-state index in [-0.39, 0.29) is 27.8 Å². The van der Waals surface area contributed by atoms with Crippen LogP contribution in [0.2, 0.25) is 0 Å². The van der Waals surface area contributed by atoms with Gasteiger partial charge in [-0.25, -0.2) is 8.42 Å². The van der Waals surface area contributed by atoms with Gasteiger partial charge in [-0.2, -0.15) is 0 Å². The number of ether oxygens (including phenoxy) is 1. The third-order valence-electron chi connectivity index (χ3n) is 4.78. The molecular weight excluding hydrogens is 354 g/mol. The van der Waals surface area contributed by atoms with E-state index in [4.69, 9.17) is 10.5 Å². The molecular formula is C18H29N3O4S. The molecule has 7 nitrogen and oxygen atoms in total. The van der Waals surface area contributed by atoms with Gasteiger partial charge in [-0.15, -0.1) is 0 Å². The number of carbonyl (C=O) groups excluding carboxylic acids is 1. The number of nitrogen functional groups attached to an aromatic ring is 1. The molecule has 0 spiro atoms. The maximum absolute atomic E-state index is 12.7. The molecule has 1 fully saturated rings. The van der Waals surface area contributed by atoms with Gasteiger partial charge in [0, 0.05) is 18.7 Å². The van der Waals surface area contributed by atoms with E-state index in [9.17, 15) is 13.2 Å². The minimum atomic E-state index is -3.53. The molecule has 0 aliphatic carbocycles. The van der Waals surface area contributed by atoms with Gasteiger partial charge in [0.05, 0.1) is 28.5 Å². The third kappa shape index (κ3) is 4.48. The lowest BCUT2D eigenvalue weighted by molar-refractivity contribution is 0.0937. The van der Waals surface area contributed by atoms with Gasteiger partial charge in [-0.3, -0.25) is 9.69 Å². The van der Waals surface area contributed by atoms with Crippen molar-refractivity contribution in [3.63, 3.8) is 0 Å². The summed E-state index contributed by atoms with van der Waals surface area (Å²) in [6.07, 6.45) is 2.17. The zero-order valence-corrected chi connectivity index (χ0v) is 16.6. The number of nitrogens with one attached hydrogen (secondary N) is 1. The highest BCUT2D eigenvalue weighted by Crippen LogP contribution is 2.29. The van der Waals surface area contributed by atoms with E-state index in [1.807, 2.05) is 0 Å². The molecule has 0 saturated carbocycles. The summed E-state index contributed by atoms with van der Waals surface area (Å²) in [5, 5.41) is 2.92.